The molecule has 0 atom stereocenters. The van der Waals surface area contributed by atoms with Crippen LogP contribution in [0, 0.1) is 10.2 Å². The summed E-state index contributed by atoms with van der Waals surface area (Å²) in [5.41, 5.74) is 1.04. The first-order chi connectivity index (χ1) is 9.53. The minimum atomic E-state index is 0.0784. The smallest absolute Gasteiger partial charge is 0.195 e. The second kappa shape index (κ2) is 6.28. The highest BCUT2D eigenvalue weighted by molar-refractivity contribution is 7.71. The third-order valence-electron chi connectivity index (χ3n) is 3.25. The van der Waals surface area contributed by atoms with Crippen molar-refractivity contribution in [2.24, 2.45) is 5.41 Å². The summed E-state index contributed by atoms with van der Waals surface area (Å²) < 4.78 is 7.84. The van der Waals surface area contributed by atoms with Crippen molar-refractivity contribution in [1.29, 1.82) is 0 Å². The molecule has 0 bridgehead atoms. The van der Waals surface area contributed by atoms with E-state index in [1.165, 1.54) is 0 Å². The first-order valence-corrected chi connectivity index (χ1v) is 6.99. The summed E-state index contributed by atoms with van der Waals surface area (Å²) in [4.78, 5) is 4.14. The van der Waals surface area contributed by atoms with Gasteiger partial charge in [0, 0.05) is 38.2 Å². The number of methoxy groups -OCH3 is 1. The lowest BCUT2D eigenvalue weighted by molar-refractivity contribution is 0.142. The van der Waals surface area contributed by atoms with E-state index in [-0.39, 0.29) is 5.41 Å². The Hall–Kier alpha value is -1.53. The summed E-state index contributed by atoms with van der Waals surface area (Å²) in [5, 5.41) is 7.20. The van der Waals surface area contributed by atoms with E-state index in [1.807, 2.05) is 16.7 Å². The zero-order valence-electron chi connectivity index (χ0n) is 12.1. The van der Waals surface area contributed by atoms with Crippen molar-refractivity contribution in [2.75, 3.05) is 13.7 Å². The maximum absolute atomic E-state index is 5.35. The Balaban J connectivity index is 2.29. The Morgan fingerprint density at radius 3 is 2.90 bits per heavy atom. The van der Waals surface area contributed by atoms with Crippen molar-refractivity contribution in [3.8, 4) is 11.4 Å². The molecule has 0 spiro atoms. The van der Waals surface area contributed by atoms with E-state index in [1.54, 1.807) is 19.5 Å². The van der Waals surface area contributed by atoms with Crippen LogP contribution in [0.4, 0.5) is 0 Å². The largest absolute Gasteiger partial charge is 0.385 e. The van der Waals surface area contributed by atoms with Crippen molar-refractivity contribution in [3.63, 3.8) is 0 Å². The Morgan fingerprint density at radius 2 is 2.25 bits per heavy atom. The second-order valence-corrected chi connectivity index (χ2v) is 5.97. The van der Waals surface area contributed by atoms with Gasteiger partial charge in [-0.1, -0.05) is 13.8 Å². The van der Waals surface area contributed by atoms with Crippen LogP contribution in [0.1, 0.15) is 20.3 Å². The van der Waals surface area contributed by atoms with Gasteiger partial charge in [0.2, 0.25) is 0 Å². The fraction of sp³-hybridized carbons (Fsp3) is 0.500. The van der Waals surface area contributed by atoms with Gasteiger partial charge in [-0.05, 0) is 36.2 Å². The molecule has 0 saturated heterocycles. The van der Waals surface area contributed by atoms with Crippen molar-refractivity contribution in [3.05, 3.63) is 29.3 Å². The van der Waals surface area contributed by atoms with Gasteiger partial charge < -0.3 is 4.74 Å². The fourth-order valence-corrected chi connectivity index (χ4v) is 2.26. The van der Waals surface area contributed by atoms with E-state index in [2.05, 4.69) is 29.0 Å². The van der Waals surface area contributed by atoms with Gasteiger partial charge in [0.05, 0.1) is 0 Å². The molecule has 1 N–H and O–H groups in total. The molecule has 6 heteroatoms. The maximum atomic E-state index is 5.35. The molecule has 2 heterocycles. The lowest BCUT2D eigenvalue weighted by atomic mass is 9.89. The van der Waals surface area contributed by atoms with Gasteiger partial charge in [-0.25, -0.2) is 0 Å². The van der Waals surface area contributed by atoms with E-state index in [0.717, 1.165) is 31.0 Å². The van der Waals surface area contributed by atoms with E-state index in [0.29, 0.717) is 4.77 Å². The minimum absolute atomic E-state index is 0.0784. The first-order valence-electron chi connectivity index (χ1n) is 6.58. The van der Waals surface area contributed by atoms with E-state index >= 15 is 0 Å². The van der Waals surface area contributed by atoms with Crippen LogP contribution in [0.2, 0.25) is 0 Å². The number of H-pyrrole nitrogens is 1. The standard InChI is InChI=1S/C14H20N4OS/c1-14(2,6-8-19-3)10-18-12(16-17-13(18)20)11-5-4-7-15-9-11/h4-5,7,9H,6,8,10H2,1-3H3,(H,17,20). The highest BCUT2D eigenvalue weighted by Gasteiger charge is 2.21. The quantitative estimate of drug-likeness (QED) is 0.831. The fourth-order valence-electron chi connectivity index (χ4n) is 2.07. The van der Waals surface area contributed by atoms with Gasteiger partial charge in [-0.3, -0.25) is 14.6 Å². The molecule has 2 aromatic rings. The number of hydrogen-bond donors (Lipinski definition) is 1. The number of pyridine rings is 1. The average molecular weight is 292 g/mol. The summed E-state index contributed by atoms with van der Waals surface area (Å²) in [6.45, 7) is 5.93. The topological polar surface area (TPSA) is 55.7 Å². The monoisotopic (exact) mass is 292 g/mol. The number of nitrogens with zero attached hydrogens (tertiary/aromatic N) is 3. The van der Waals surface area contributed by atoms with Gasteiger partial charge in [0.25, 0.3) is 0 Å². The van der Waals surface area contributed by atoms with Crippen molar-refractivity contribution in [2.45, 2.75) is 26.8 Å². The number of aromatic amines is 1. The Labute approximate surface area is 124 Å². The third-order valence-corrected chi connectivity index (χ3v) is 3.56. The maximum Gasteiger partial charge on any atom is 0.195 e. The van der Waals surface area contributed by atoms with Gasteiger partial charge in [-0.2, -0.15) is 5.10 Å². The predicted molar refractivity (Wildman–Crippen MR) is 80.9 cm³/mol. The van der Waals surface area contributed by atoms with Gasteiger partial charge in [0.1, 0.15) is 0 Å². The van der Waals surface area contributed by atoms with Gasteiger partial charge in [0.15, 0.2) is 10.6 Å². The summed E-state index contributed by atoms with van der Waals surface area (Å²) in [6, 6.07) is 3.88. The molecule has 0 aliphatic rings. The van der Waals surface area contributed by atoms with Crippen molar-refractivity contribution in [1.82, 2.24) is 19.7 Å². The Kier molecular flexibility index (Phi) is 4.67. The van der Waals surface area contributed by atoms with Crippen LogP contribution in [0.15, 0.2) is 24.5 Å². The van der Waals surface area contributed by atoms with Crippen LogP contribution >= 0.6 is 12.2 Å². The average Bonchev–Trinajstić information content (AvgIpc) is 2.79. The number of rotatable bonds is 6. The van der Waals surface area contributed by atoms with Crippen LogP contribution in [0.25, 0.3) is 11.4 Å². The first kappa shape index (κ1) is 14.9. The number of hydrogen-bond acceptors (Lipinski definition) is 4. The molecule has 2 aromatic heterocycles. The molecule has 2 rings (SSSR count). The van der Waals surface area contributed by atoms with E-state index in [4.69, 9.17) is 17.0 Å². The number of nitrogens with one attached hydrogen (secondary N) is 1. The molecular weight excluding hydrogens is 272 g/mol. The van der Waals surface area contributed by atoms with Crippen LogP contribution < -0.4 is 0 Å². The molecule has 20 heavy (non-hydrogen) atoms. The lowest BCUT2D eigenvalue weighted by Gasteiger charge is -2.25. The summed E-state index contributed by atoms with van der Waals surface area (Å²) in [6.07, 6.45) is 4.50. The minimum Gasteiger partial charge on any atom is -0.385 e. The molecule has 0 aliphatic carbocycles. The van der Waals surface area contributed by atoms with Crippen LogP contribution in [-0.2, 0) is 11.3 Å². The molecule has 0 amide bonds. The van der Waals surface area contributed by atoms with Crippen LogP contribution in [-0.4, -0.2) is 33.5 Å². The number of ether oxygens (including phenoxy) is 1. The molecule has 0 aromatic carbocycles. The van der Waals surface area contributed by atoms with Gasteiger partial charge in [-0.15, -0.1) is 0 Å². The van der Waals surface area contributed by atoms with E-state index < -0.39 is 0 Å². The zero-order chi connectivity index (χ0) is 14.6. The highest BCUT2D eigenvalue weighted by Crippen LogP contribution is 2.26. The molecule has 0 saturated carbocycles. The molecule has 108 valence electrons. The SMILES string of the molecule is COCCC(C)(C)Cn1c(-c2cccnc2)n[nH]c1=S. The number of aromatic nitrogens is 4. The van der Waals surface area contributed by atoms with Gasteiger partial charge >= 0.3 is 0 Å². The lowest BCUT2D eigenvalue weighted by Crippen LogP contribution is -2.22. The molecule has 0 radical (unpaired) electrons. The summed E-state index contributed by atoms with van der Waals surface area (Å²) in [5.74, 6) is 0.827. The van der Waals surface area contributed by atoms with Crippen molar-refractivity contribution < 1.29 is 4.74 Å². The van der Waals surface area contributed by atoms with Crippen LogP contribution in [0.5, 0.6) is 0 Å². The Bertz CT molecular complexity index is 603. The van der Waals surface area contributed by atoms with E-state index in [9.17, 15) is 0 Å². The predicted octanol–water partition coefficient (Wildman–Crippen LogP) is 3.07. The Morgan fingerprint density at radius 1 is 1.45 bits per heavy atom. The zero-order valence-corrected chi connectivity index (χ0v) is 12.9. The second-order valence-electron chi connectivity index (χ2n) is 5.59. The molecule has 0 unspecified atom stereocenters. The molecular formula is C14H20N4OS. The molecule has 0 fully saturated rings. The third kappa shape index (κ3) is 3.52. The van der Waals surface area contributed by atoms with Crippen molar-refractivity contribution >= 4 is 12.2 Å². The summed E-state index contributed by atoms with van der Waals surface area (Å²) >= 11 is 5.35. The molecule has 5 nitrogen and oxygen atoms in total. The summed E-state index contributed by atoms with van der Waals surface area (Å²) in [7, 11) is 1.72. The molecule has 0 aliphatic heterocycles. The normalized spacial score (nSPS) is 11.8. The van der Waals surface area contributed by atoms with Crippen LogP contribution in [0.3, 0.4) is 0 Å². The highest BCUT2D eigenvalue weighted by atomic mass is 32.1.